The van der Waals surface area contributed by atoms with Crippen LogP contribution in [-0.4, -0.2) is 29.5 Å². The minimum atomic E-state index is -0.150. The van der Waals surface area contributed by atoms with Crippen LogP contribution in [0.25, 0.3) is 0 Å². The Morgan fingerprint density at radius 1 is 1.56 bits per heavy atom. The molecule has 0 heterocycles. The van der Waals surface area contributed by atoms with E-state index in [9.17, 15) is 4.79 Å². The van der Waals surface area contributed by atoms with E-state index < -0.39 is 0 Å². The number of amides is 2. The van der Waals surface area contributed by atoms with E-state index in [2.05, 4.69) is 5.32 Å². The number of carbonyl (C=O) groups excluding carboxylic acids is 1. The fourth-order valence-corrected chi connectivity index (χ4v) is 1.24. The molecule has 2 amide bonds. The van der Waals surface area contributed by atoms with Crippen molar-refractivity contribution in [3.8, 4) is 0 Å². The Labute approximate surface area is 100 Å². The topological polar surface area (TPSA) is 58.4 Å². The Kier molecular flexibility index (Phi) is 4.25. The second kappa shape index (κ2) is 5.46. The molecule has 0 radical (unpaired) electrons. The molecule has 1 aromatic carbocycles. The van der Waals surface area contributed by atoms with Crippen LogP contribution < -0.4 is 11.1 Å². The van der Waals surface area contributed by atoms with Crippen molar-refractivity contribution >= 4 is 28.9 Å². The number of anilines is 1. The number of hydrogen-bond acceptors (Lipinski definition) is 2. The first-order valence-corrected chi connectivity index (χ1v) is 5.37. The van der Waals surface area contributed by atoms with Gasteiger partial charge in [0.1, 0.15) is 4.99 Å². The van der Waals surface area contributed by atoms with E-state index in [0.717, 1.165) is 5.56 Å². The first-order chi connectivity index (χ1) is 7.54. The van der Waals surface area contributed by atoms with Crippen molar-refractivity contribution in [1.82, 2.24) is 4.90 Å². The summed E-state index contributed by atoms with van der Waals surface area (Å²) in [5, 5.41) is 2.76. The molecule has 0 spiro atoms. The summed E-state index contributed by atoms with van der Waals surface area (Å²) in [5.74, 6) is 0. The van der Waals surface area contributed by atoms with Crippen molar-refractivity contribution < 1.29 is 4.79 Å². The summed E-state index contributed by atoms with van der Waals surface area (Å²) in [6.45, 7) is 2.56. The average molecular weight is 237 g/mol. The lowest BCUT2D eigenvalue weighted by Gasteiger charge is -2.15. The number of nitrogens with zero attached hydrogens (tertiary/aromatic N) is 1. The summed E-state index contributed by atoms with van der Waals surface area (Å²) in [6.07, 6.45) is 0. The molecule has 3 N–H and O–H groups in total. The fraction of sp³-hybridized carbons (Fsp3) is 0.273. The van der Waals surface area contributed by atoms with Crippen molar-refractivity contribution in [3.63, 3.8) is 0 Å². The molecule has 0 aliphatic rings. The van der Waals surface area contributed by atoms with E-state index in [1.54, 1.807) is 30.1 Å². The molecular formula is C11H15N3OS. The first kappa shape index (κ1) is 12.4. The van der Waals surface area contributed by atoms with E-state index in [4.69, 9.17) is 18.0 Å². The van der Waals surface area contributed by atoms with Crippen LogP contribution >= 0.6 is 12.2 Å². The highest BCUT2D eigenvalue weighted by molar-refractivity contribution is 7.80. The molecule has 0 aromatic heterocycles. The quantitative estimate of drug-likeness (QED) is 0.788. The third-order valence-corrected chi connectivity index (χ3v) is 2.46. The predicted molar refractivity (Wildman–Crippen MR) is 69.7 cm³/mol. The van der Waals surface area contributed by atoms with Crippen LogP contribution in [-0.2, 0) is 0 Å². The molecule has 0 atom stereocenters. The molecule has 5 heteroatoms. The average Bonchev–Trinajstić information content (AvgIpc) is 2.28. The van der Waals surface area contributed by atoms with Gasteiger partial charge in [0.15, 0.2) is 0 Å². The smallest absolute Gasteiger partial charge is 0.321 e. The molecule has 0 saturated heterocycles. The maximum atomic E-state index is 11.6. The Balaban J connectivity index is 2.78. The Bertz CT molecular complexity index is 406. The Hall–Kier alpha value is -1.62. The lowest BCUT2D eigenvalue weighted by Crippen LogP contribution is -2.31. The normalized spacial score (nSPS) is 9.62. The largest absolute Gasteiger partial charge is 0.389 e. The number of hydrogen-bond donors (Lipinski definition) is 2. The van der Waals surface area contributed by atoms with Crippen LogP contribution in [0.15, 0.2) is 24.3 Å². The number of benzene rings is 1. The zero-order valence-electron chi connectivity index (χ0n) is 9.36. The number of nitrogens with one attached hydrogen (secondary N) is 1. The van der Waals surface area contributed by atoms with Gasteiger partial charge in [0.25, 0.3) is 0 Å². The lowest BCUT2D eigenvalue weighted by molar-refractivity contribution is 0.224. The number of nitrogens with two attached hydrogens (primary N) is 1. The summed E-state index contributed by atoms with van der Waals surface area (Å²) in [4.78, 5) is 13.5. The summed E-state index contributed by atoms with van der Waals surface area (Å²) in [7, 11) is 1.73. The molecule has 0 aliphatic heterocycles. The lowest BCUT2D eigenvalue weighted by atomic mass is 10.2. The van der Waals surface area contributed by atoms with Crippen LogP contribution in [0.5, 0.6) is 0 Å². The highest BCUT2D eigenvalue weighted by atomic mass is 32.1. The molecule has 86 valence electrons. The molecule has 0 saturated carbocycles. The van der Waals surface area contributed by atoms with Gasteiger partial charge in [0, 0.05) is 24.8 Å². The van der Waals surface area contributed by atoms with Crippen molar-refractivity contribution in [3.05, 3.63) is 29.8 Å². The van der Waals surface area contributed by atoms with Crippen molar-refractivity contribution in [2.75, 3.05) is 18.9 Å². The number of urea groups is 1. The van der Waals surface area contributed by atoms with Crippen LogP contribution in [0.4, 0.5) is 10.5 Å². The van der Waals surface area contributed by atoms with E-state index in [1.807, 2.05) is 13.0 Å². The fourth-order valence-electron chi connectivity index (χ4n) is 1.11. The van der Waals surface area contributed by atoms with Gasteiger partial charge in [-0.25, -0.2) is 4.79 Å². The predicted octanol–water partition coefficient (Wildman–Crippen LogP) is 1.80. The van der Waals surface area contributed by atoms with Gasteiger partial charge in [-0.1, -0.05) is 24.4 Å². The summed E-state index contributed by atoms with van der Waals surface area (Å²) in [6, 6.07) is 7.01. The van der Waals surface area contributed by atoms with E-state index in [0.29, 0.717) is 17.2 Å². The van der Waals surface area contributed by atoms with Gasteiger partial charge in [-0.2, -0.15) is 0 Å². The van der Waals surface area contributed by atoms with Crippen LogP contribution in [0.3, 0.4) is 0 Å². The van der Waals surface area contributed by atoms with Gasteiger partial charge in [-0.05, 0) is 19.1 Å². The summed E-state index contributed by atoms with van der Waals surface area (Å²) >= 11 is 4.86. The maximum Gasteiger partial charge on any atom is 0.321 e. The van der Waals surface area contributed by atoms with Crippen LogP contribution in [0.1, 0.15) is 12.5 Å². The van der Waals surface area contributed by atoms with Crippen LogP contribution in [0.2, 0.25) is 0 Å². The standard InChI is InChI=1S/C11H15N3OS/c1-3-14(2)11(15)13-9-6-4-5-8(7-9)10(12)16/h4-7H,3H2,1-2H3,(H2,12,16)(H,13,15). The molecular weight excluding hydrogens is 222 g/mol. The maximum absolute atomic E-state index is 11.6. The molecule has 0 unspecified atom stereocenters. The zero-order valence-corrected chi connectivity index (χ0v) is 10.2. The van der Waals surface area contributed by atoms with Gasteiger partial charge < -0.3 is 16.0 Å². The van der Waals surface area contributed by atoms with Gasteiger partial charge >= 0.3 is 6.03 Å². The third kappa shape index (κ3) is 3.20. The molecule has 16 heavy (non-hydrogen) atoms. The molecule has 4 nitrogen and oxygen atoms in total. The monoisotopic (exact) mass is 237 g/mol. The van der Waals surface area contributed by atoms with Crippen molar-refractivity contribution in [1.29, 1.82) is 0 Å². The highest BCUT2D eigenvalue weighted by Crippen LogP contribution is 2.11. The van der Waals surface area contributed by atoms with Gasteiger partial charge in [-0.3, -0.25) is 0 Å². The molecule has 0 bridgehead atoms. The Morgan fingerprint density at radius 2 is 2.25 bits per heavy atom. The summed E-state index contributed by atoms with van der Waals surface area (Å²) < 4.78 is 0. The second-order valence-electron chi connectivity index (χ2n) is 3.39. The number of thiocarbonyl (C=S) groups is 1. The SMILES string of the molecule is CCN(C)C(=O)Nc1cccc(C(N)=S)c1. The molecule has 0 fully saturated rings. The summed E-state index contributed by atoms with van der Waals surface area (Å²) in [5.41, 5.74) is 6.94. The van der Waals surface area contributed by atoms with E-state index in [1.165, 1.54) is 0 Å². The van der Waals surface area contributed by atoms with Crippen molar-refractivity contribution in [2.45, 2.75) is 6.92 Å². The third-order valence-electron chi connectivity index (χ3n) is 2.22. The van der Waals surface area contributed by atoms with Crippen LogP contribution in [0, 0.1) is 0 Å². The van der Waals surface area contributed by atoms with Crippen molar-refractivity contribution in [2.24, 2.45) is 5.73 Å². The molecule has 0 aliphatic carbocycles. The Morgan fingerprint density at radius 3 is 2.81 bits per heavy atom. The first-order valence-electron chi connectivity index (χ1n) is 4.96. The van der Waals surface area contributed by atoms with Gasteiger partial charge in [0.2, 0.25) is 0 Å². The molecule has 1 rings (SSSR count). The number of rotatable bonds is 3. The molecule has 1 aromatic rings. The minimum Gasteiger partial charge on any atom is -0.389 e. The van der Waals surface area contributed by atoms with E-state index in [-0.39, 0.29) is 6.03 Å². The van der Waals surface area contributed by atoms with E-state index >= 15 is 0 Å². The van der Waals surface area contributed by atoms with Gasteiger partial charge in [0.05, 0.1) is 0 Å². The van der Waals surface area contributed by atoms with Gasteiger partial charge in [-0.15, -0.1) is 0 Å². The highest BCUT2D eigenvalue weighted by Gasteiger charge is 2.06. The minimum absolute atomic E-state index is 0.150. The second-order valence-corrected chi connectivity index (χ2v) is 3.83. The zero-order chi connectivity index (χ0) is 12.1. The number of carbonyl (C=O) groups is 1.